The minimum Gasteiger partial charge on any atom is -0.381 e. The third kappa shape index (κ3) is 4.50. The van der Waals surface area contributed by atoms with Crippen molar-refractivity contribution in [3.05, 3.63) is 0 Å². The van der Waals surface area contributed by atoms with Gasteiger partial charge in [0.15, 0.2) is 0 Å². The zero-order valence-electron chi connectivity index (χ0n) is 8.54. The monoisotopic (exact) mass is 172 g/mol. The van der Waals surface area contributed by atoms with Gasteiger partial charge >= 0.3 is 0 Å². The van der Waals surface area contributed by atoms with Gasteiger partial charge in [0, 0.05) is 13.0 Å². The zero-order valence-corrected chi connectivity index (χ0v) is 8.54. The van der Waals surface area contributed by atoms with Crippen molar-refractivity contribution in [1.29, 1.82) is 0 Å². The van der Waals surface area contributed by atoms with Crippen molar-refractivity contribution < 1.29 is 9.53 Å². The Morgan fingerprint density at radius 2 is 1.83 bits per heavy atom. The van der Waals surface area contributed by atoms with E-state index in [1.807, 2.05) is 6.92 Å². The third-order valence-corrected chi connectivity index (χ3v) is 2.19. The highest BCUT2D eigenvalue weighted by Crippen LogP contribution is 2.14. The predicted molar refractivity (Wildman–Crippen MR) is 50.1 cm³/mol. The Balaban J connectivity index is 3.64. The largest absolute Gasteiger partial charge is 0.381 e. The second kappa shape index (κ2) is 6.18. The molecule has 0 aromatic heterocycles. The van der Waals surface area contributed by atoms with Crippen LogP contribution < -0.4 is 0 Å². The third-order valence-electron chi connectivity index (χ3n) is 2.19. The second-order valence-electron chi connectivity index (χ2n) is 3.71. The molecule has 0 aliphatic carbocycles. The van der Waals surface area contributed by atoms with Crippen LogP contribution in [0.4, 0.5) is 0 Å². The van der Waals surface area contributed by atoms with E-state index >= 15 is 0 Å². The van der Waals surface area contributed by atoms with Crippen molar-refractivity contribution >= 4 is 6.29 Å². The van der Waals surface area contributed by atoms with Gasteiger partial charge in [0.25, 0.3) is 0 Å². The summed E-state index contributed by atoms with van der Waals surface area (Å²) in [5.41, 5.74) is 0. The summed E-state index contributed by atoms with van der Waals surface area (Å²) >= 11 is 0. The quantitative estimate of drug-likeness (QED) is 0.574. The fourth-order valence-corrected chi connectivity index (χ4v) is 1.22. The summed E-state index contributed by atoms with van der Waals surface area (Å²) in [5.74, 6) is 0.704. The molecule has 0 N–H and O–H groups in total. The van der Waals surface area contributed by atoms with Crippen molar-refractivity contribution in [2.45, 2.75) is 39.7 Å². The fourth-order valence-electron chi connectivity index (χ4n) is 1.22. The normalized spacial score (nSPS) is 16.1. The molecular formula is C10H20O2. The molecule has 0 aliphatic rings. The average molecular weight is 172 g/mol. The molecule has 0 aromatic carbocycles. The molecule has 72 valence electrons. The Bertz CT molecular complexity index is 121. The highest BCUT2D eigenvalue weighted by Gasteiger charge is 2.13. The molecule has 0 spiro atoms. The summed E-state index contributed by atoms with van der Waals surface area (Å²) in [4.78, 5) is 10.3. The SMILES string of the molecule is COC(CCC(C)C=O)C(C)C. The molecule has 0 aliphatic heterocycles. The molecule has 0 rings (SSSR count). The first kappa shape index (κ1) is 11.6. The Labute approximate surface area is 75.3 Å². The van der Waals surface area contributed by atoms with Crippen LogP contribution in [-0.4, -0.2) is 19.5 Å². The molecule has 2 atom stereocenters. The van der Waals surface area contributed by atoms with E-state index in [0.29, 0.717) is 12.0 Å². The van der Waals surface area contributed by atoms with Gasteiger partial charge in [-0.3, -0.25) is 0 Å². The van der Waals surface area contributed by atoms with Gasteiger partial charge in [-0.15, -0.1) is 0 Å². The molecule has 2 heteroatoms. The number of aldehydes is 1. The first-order valence-electron chi connectivity index (χ1n) is 4.59. The Morgan fingerprint density at radius 3 is 2.17 bits per heavy atom. The van der Waals surface area contributed by atoms with Crippen molar-refractivity contribution in [2.24, 2.45) is 11.8 Å². The molecule has 2 unspecified atom stereocenters. The molecule has 0 amide bonds. The van der Waals surface area contributed by atoms with E-state index in [1.165, 1.54) is 0 Å². The van der Waals surface area contributed by atoms with E-state index in [2.05, 4.69) is 13.8 Å². The lowest BCUT2D eigenvalue weighted by Gasteiger charge is -2.19. The van der Waals surface area contributed by atoms with Crippen LogP contribution in [-0.2, 0) is 9.53 Å². The molecule has 12 heavy (non-hydrogen) atoms. The maximum absolute atomic E-state index is 10.3. The molecule has 0 bridgehead atoms. The Morgan fingerprint density at radius 1 is 1.25 bits per heavy atom. The first-order chi connectivity index (χ1) is 5.61. The molecule has 0 heterocycles. The summed E-state index contributed by atoms with van der Waals surface area (Å²) in [5, 5.41) is 0. The van der Waals surface area contributed by atoms with E-state index in [4.69, 9.17) is 4.74 Å². The summed E-state index contributed by atoms with van der Waals surface area (Å²) in [6, 6.07) is 0. The second-order valence-corrected chi connectivity index (χ2v) is 3.71. The average Bonchev–Trinajstić information content (AvgIpc) is 2.04. The number of methoxy groups -OCH3 is 1. The summed E-state index contributed by atoms with van der Waals surface area (Å²) in [6.07, 6.45) is 3.22. The van der Waals surface area contributed by atoms with Crippen LogP contribution in [0.15, 0.2) is 0 Å². The van der Waals surface area contributed by atoms with Crippen LogP contribution >= 0.6 is 0 Å². The predicted octanol–water partition coefficient (Wildman–Crippen LogP) is 2.27. The van der Waals surface area contributed by atoms with Crippen LogP contribution in [0.1, 0.15) is 33.6 Å². The lowest BCUT2D eigenvalue weighted by Crippen LogP contribution is -2.18. The van der Waals surface area contributed by atoms with Gasteiger partial charge in [-0.25, -0.2) is 0 Å². The van der Waals surface area contributed by atoms with Crippen LogP contribution in [0, 0.1) is 11.8 Å². The number of carbonyl (C=O) groups is 1. The molecule has 0 saturated carbocycles. The molecule has 0 aromatic rings. The minimum absolute atomic E-state index is 0.168. The molecule has 2 nitrogen and oxygen atoms in total. The molecule has 0 fully saturated rings. The number of carbonyl (C=O) groups excluding carboxylic acids is 1. The molecule has 0 radical (unpaired) electrons. The highest BCUT2D eigenvalue weighted by molar-refractivity contribution is 5.52. The van der Waals surface area contributed by atoms with Gasteiger partial charge in [-0.2, -0.15) is 0 Å². The zero-order chi connectivity index (χ0) is 9.56. The van der Waals surface area contributed by atoms with Crippen molar-refractivity contribution in [1.82, 2.24) is 0 Å². The van der Waals surface area contributed by atoms with Gasteiger partial charge < -0.3 is 9.53 Å². The number of ether oxygens (including phenoxy) is 1. The number of hydrogen-bond donors (Lipinski definition) is 0. The van der Waals surface area contributed by atoms with E-state index in [0.717, 1.165) is 19.1 Å². The van der Waals surface area contributed by atoms with E-state index in [9.17, 15) is 4.79 Å². The highest BCUT2D eigenvalue weighted by atomic mass is 16.5. The maximum Gasteiger partial charge on any atom is 0.122 e. The van der Waals surface area contributed by atoms with Crippen LogP contribution in [0.25, 0.3) is 0 Å². The summed E-state index contributed by atoms with van der Waals surface area (Å²) in [7, 11) is 1.73. The van der Waals surface area contributed by atoms with Gasteiger partial charge in [0.05, 0.1) is 6.10 Å². The van der Waals surface area contributed by atoms with Crippen molar-refractivity contribution in [2.75, 3.05) is 7.11 Å². The van der Waals surface area contributed by atoms with Crippen molar-refractivity contribution in [3.8, 4) is 0 Å². The maximum atomic E-state index is 10.3. The molecule has 0 saturated heterocycles. The van der Waals surface area contributed by atoms with Crippen LogP contribution in [0.3, 0.4) is 0 Å². The fraction of sp³-hybridized carbons (Fsp3) is 0.900. The van der Waals surface area contributed by atoms with E-state index in [1.54, 1.807) is 7.11 Å². The van der Waals surface area contributed by atoms with Gasteiger partial charge in [0.1, 0.15) is 6.29 Å². The topological polar surface area (TPSA) is 26.3 Å². The van der Waals surface area contributed by atoms with Gasteiger partial charge in [-0.05, 0) is 18.8 Å². The Hall–Kier alpha value is -0.370. The van der Waals surface area contributed by atoms with Crippen LogP contribution in [0.2, 0.25) is 0 Å². The van der Waals surface area contributed by atoms with Gasteiger partial charge in [-0.1, -0.05) is 20.8 Å². The summed E-state index contributed by atoms with van der Waals surface area (Å²) in [6.45, 7) is 6.22. The lowest BCUT2D eigenvalue weighted by molar-refractivity contribution is -0.111. The number of hydrogen-bond acceptors (Lipinski definition) is 2. The standard InChI is InChI=1S/C10H20O2/c1-8(2)10(12-4)6-5-9(3)7-11/h7-10H,5-6H2,1-4H3. The molecular weight excluding hydrogens is 152 g/mol. The smallest absolute Gasteiger partial charge is 0.122 e. The Kier molecular flexibility index (Phi) is 5.99. The van der Waals surface area contributed by atoms with E-state index < -0.39 is 0 Å². The first-order valence-corrected chi connectivity index (χ1v) is 4.59. The van der Waals surface area contributed by atoms with Gasteiger partial charge in [0.2, 0.25) is 0 Å². The minimum atomic E-state index is 0.168. The number of rotatable bonds is 6. The lowest BCUT2D eigenvalue weighted by atomic mass is 9.98. The van der Waals surface area contributed by atoms with Crippen molar-refractivity contribution in [3.63, 3.8) is 0 Å². The van der Waals surface area contributed by atoms with Crippen LogP contribution in [0.5, 0.6) is 0 Å². The van der Waals surface area contributed by atoms with E-state index in [-0.39, 0.29) is 5.92 Å². The summed E-state index contributed by atoms with van der Waals surface area (Å²) < 4.78 is 5.29.